The van der Waals surface area contributed by atoms with Crippen molar-refractivity contribution in [1.29, 1.82) is 0 Å². The zero-order chi connectivity index (χ0) is 16.2. The summed E-state index contributed by atoms with van der Waals surface area (Å²) in [6.07, 6.45) is 2.52. The number of nitrogens with one attached hydrogen (secondary N) is 1. The van der Waals surface area contributed by atoms with E-state index in [0.717, 1.165) is 18.2 Å². The van der Waals surface area contributed by atoms with Crippen LogP contribution in [0.1, 0.15) is 23.2 Å². The van der Waals surface area contributed by atoms with Gasteiger partial charge in [0.1, 0.15) is 11.5 Å². The standard InChI is InChI=1S/C18H20N2O3/c1-22-18(21)13-8-15(20-11-12-2-3-12)10-17(9-13)23-16-6-4-14(19)5-7-16/h4-10,12,20H,2-3,11,19H2,1H3. The Morgan fingerprint density at radius 1 is 1.17 bits per heavy atom. The topological polar surface area (TPSA) is 73.6 Å². The van der Waals surface area contributed by atoms with Gasteiger partial charge >= 0.3 is 5.97 Å². The number of anilines is 2. The number of carbonyl (C=O) groups is 1. The molecular weight excluding hydrogens is 292 g/mol. The molecule has 0 heterocycles. The van der Waals surface area contributed by atoms with Crippen LogP contribution in [0.3, 0.4) is 0 Å². The van der Waals surface area contributed by atoms with Gasteiger partial charge in [-0.05, 0) is 55.2 Å². The average molecular weight is 312 g/mol. The molecular formula is C18H20N2O3. The number of rotatable bonds is 6. The molecule has 23 heavy (non-hydrogen) atoms. The van der Waals surface area contributed by atoms with Crippen LogP contribution in [0.4, 0.5) is 11.4 Å². The summed E-state index contributed by atoms with van der Waals surface area (Å²) in [5.41, 5.74) is 7.66. The zero-order valence-corrected chi connectivity index (χ0v) is 13.0. The number of carbonyl (C=O) groups excluding carboxylic acids is 1. The van der Waals surface area contributed by atoms with Crippen LogP contribution in [-0.4, -0.2) is 19.6 Å². The minimum Gasteiger partial charge on any atom is -0.465 e. The first-order valence-corrected chi connectivity index (χ1v) is 7.65. The number of hydrogen-bond donors (Lipinski definition) is 2. The lowest BCUT2D eigenvalue weighted by Gasteiger charge is -2.12. The van der Waals surface area contributed by atoms with Gasteiger partial charge < -0.3 is 20.5 Å². The molecule has 1 aliphatic carbocycles. The van der Waals surface area contributed by atoms with Gasteiger partial charge in [0.05, 0.1) is 12.7 Å². The second kappa shape index (κ2) is 6.60. The van der Waals surface area contributed by atoms with Crippen molar-refractivity contribution in [2.45, 2.75) is 12.8 Å². The van der Waals surface area contributed by atoms with E-state index in [1.165, 1.54) is 20.0 Å². The van der Waals surface area contributed by atoms with Gasteiger partial charge in [0, 0.05) is 24.0 Å². The Morgan fingerprint density at radius 2 is 1.91 bits per heavy atom. The summed E-state index contributed by atoms with van der Waals surface area (Å²) in [5, 5.41) is 3.35. The summed E-state index contributed by atoms with van der Waals surface area (Å²) in [5.74, 6) is 1.59. The monoisotopic (exact) mass is 312 g/mol. The summed E-state index contributed by atoms with van der Waals surface area (Å²) in [6, 6.07) is 12.5. The predicted octanol–water partition coefficient (Wildman–Crippen LogP) is 3.67. The van der Waals surface area contributed by atoms with E-state index in [2.05, 4.69) is 5.32 Å². The molecule has 120 valence electrons. The molecule has 0 bridgehead atoms. The molecule has 0 unspecified atom stereocenters. The third-order valence-electron chi connectivity index (χ3n) is 3.74. The largest absolute Gasteiger partial charge is 0.465 e. The maximum absolute atomic E-state index is 11.8. The van der Waals surface area contributed by atoms with Gasteiger partial charge in [-0.15, -0.1) is 0 Å². The maximum Gasteiger partial charge on any atom is 0.338 e. The molecule has 5 nitrogen and oxygen atoms in total. The van der Waals surface area contributed by atoms with Crippen LogP contribution >= 0.6 is 0 Å². The van der Waals surface area contributed by atoms with Crippen molar-refractivity contribution in [3.8, 4) is 11.5 Å². The van der Waals surface area contributed by atoms with Gasteiger partial charge in [0.2, 0.25) is 0 Å². The van der Waals surface area contributed by atoms with E-state index in [1.807, 2.05) is 6.07 Å². The van der Waals surface area contributed by atoms with E-state index in [9.17, 15) is 4.79 Å². The number of esters is 1. The van der Waals surface area contributed by atoms with Gasteiger partial charge in [-0.2, -0.15) is 0 Å². The summed E-state index contributed by atoms with van der Waals surface area (Å²) < 4.78 is 10.6. The fourth-order valence-electron chi connectivity index (χ4n) is 2.25. The van der Waals surface area contributed by atoms with Gasteiger partial charge in [-0.1, -0.05) is 0 Å². The SMILES string of the molecule is COC(=O)c1cc(NCC2CC2)cc(Oc2ccc(N)cc2)c1. The average Bonchev–Trinajstić information content (AvgIpc) is 3.38. The predicted molar refractivity (Wildman–Crippen MR) is 89.9 cm³/mol. The molecule has 0 amide bonds. The normalized spacial score (nSPS) is 13.4. The molecule has 2 aromatic rings. The zero-order valence-electron chi connectivity index (χ0n) is 13.0. The highest BCUT2D eigenvalue weighted by Crippen LogP contribution is 2.31. The Kier molecular flexibility index (Phi) is 4.37. The third-order valence-corrected chi connectivity index (χ3v) is 3.74. The van der Waals surface area contributed by atoms with Crippen LogP contribution in [0.15, 0.2) is 42.5 Å². The smallest absolute Gasteiger partial charge is 0.338 e. The molecule has 5 heteroatoms. The van der Waals surface area contributed by atoms with Gasteiger partial charge in [0.25, 0.3) is 0 Å². The fraction of sp³-hybridized carbons (Fsp3) is 0.278. The second-order valence-corrected chi connectivity index (χ2v) is 5.73. The maximum atomic E-state index is 11.8. The first-order chi connectivity index (χ1) is 11.1. The van der Waals surface area contributed by atoms with Crippen LogP contribution in [0.25, 0.3) is 0 Å². The minimum absolute atomic E-state index is 0.387. The number of benzene rings is 2. The van der Waals surface area contributed by atoms with Crippen LogP contribution in [0, 0.1) is 5.92 Å². The molecule has 1 aliphatic rings. The van der Waals surface area contributed by atoms with Crippen molar-refractivity contribution in [3.05, 3.63) is 48.0 Å². The van der Waals surface area contributed by atoms with E-state index in [1.54, 1.807) is 36.4 Å². The number of nitrogens with two attached hydrogens (primary N) is 1. The van der Waals surface area contributed by atoms with Crippen LogP contribution < -0.4 is 15.8 Å². The molecule has 1 saturated carbocycles. The van der Waals surface area contributed by atoms with Crippen molar-refractivity contribution in [1.82, 2.24) is 0 Å². The fourth-order valence-corrected chi connectivity index (χ4v) is 2.25. The van der Waals surface area contributed by atoms with E-state index in [4.69, 9.17) is 15.2 Å². The molecule has 2 aromatic carbocycles. The van der Waals surface area contributed by atoms with E-state index >= 15 is 0 Å². The summed E-state index contributed by atoms with van der Waals surface area (Å²) in [4.78, 5) is 11.8. The van der Waals surface area contributed by atoms with Crippen molar-refractivity contribution in [2.75, 3.05) is 24.7 Å². The number of ether oxygens (including phenoxy) is 2. The molecule has 3 N–H and O–H groups in total. The van der Waals surface area contributed by atoms with Crippen molar-refractivity contribution in [3.63, 3.8) is 0 Å². The quantitative estimate of drug-likeness (QED) is 0.629. The number of hydrogen-bond acceptors (Lipinski definition) is 5. The first-order valence-electron chi connectivity index (χ1n) is 7.65. The number of nitrogen functional groups attached to an aromatic ring is 1. The lowest BCUT2D eigenvalue weighted by Crippen LogP contribution is -2.06. The van der Waals surface area contributed by atoms with Crippen molar-refractivity contribution < 1.29 is 14.3 Å². The highest BCUT2D eigenvalue weighted by molar-refractivity contribution is 5.91. The Bertz CT molecular complexity index is 694. The molecule has 0 radical (unpaired) electrons. The lowest BCUT2D eigenvalue weighted by atomic mass is 10.2. The Labute approximate surface area is 135 Å². The number of methoxy groups -OCH3 is 1. The second-order valence-electron chi connectivity index (χ2n) is 5.73. The Morgan fingerprint density at radius 3 is 2.57 bits per heavy atom. The summed E-state index contributed by atoms with van der Waals surface area (Å²) >= 11 is 0. The highest BCUT2D eigenvalue weighted by atomic mass is 16.5. The van der Waals surface area contributed by atoms with Gasteiger partial charge in [-0.3, -0.25) is 0 Å². The molecule has 0 aliphatic heterocycles. The first kappa shape index (κ1) is 15.2. The van der Waals surface area contributed by atoms with Crippen LogP contribution in [0.5, 0.6) is 11.5 Å². The highest BCUT2D eigenvalue weighted by Gasteiger charge is 2.21. The van der Waals surface area contributed by atoms with E-state index < -0.39 is 0 Å². The van der Waals surface area contributed by atoms with Gasteiger partial charge in [-0.25, -0.2) is 4.79 Å². The van der Waals surface area contributed by atoms with E-state index in [0.29, 0.717) is 22.7 Å². The molecule has 1 fully saturated rings. The summed E-state index contributed by atoms with van der Waals surface area (Å²) in [7, 11) is 1.37. The third kappa shape index (κ3) is 4.16. The van der Waals surface area contributed by atoms with Crippen LogP contribution in [-0.2, 0) is 4.74 Å². The summed E-state index contributed by atoms with van der Waals surface area (Å²) in [6.45, 7) is 0.909. The molecule has 0 spiro atoms. The van der Waals surface area contributed by atoms with Crippen LogP contribution in [0.2, 0.25) is 0 Å². The Hall–Kier alpha value is -2.69. The molecule has 3 rings (SSSR count). The molecule has 0 atom stereocenters. The van der Waals surface area contributed by atoms with E-state index in [-0.39, 0.29) is 5.97 Å². The molecule has 0 saturated heterocycles. The Balaban J connectivity index is 1.82. The van der Waals surface area contributed by atoms with Gasteiger partial charge in [0.15, 0.2) is 0 Å². The minimum atomic E-state index is -0.387. The lowest BCUT2D eigenvalue weighted by molar-refractivity contribution is 0.0600. The molecule has 0 aromatic heterocycles. The van der Waals surface area contributed by atoms with Crippen molar-refractivity contribution >= 4 is 17.3 Å². The van der Waals surface area contributed by atoms with Crippen molar-refractivity contribution in [2.24, 2.45) is 5.92 Å².